The normalized spacial score (nSPS) is 21.4. The average molecular weight is 457 g/mol. The van der Waals surface area contributed by atoms with Crippen molar-refractivity contribution in [1.29, 1.82) is 0 Å². The van der Waals surface area contributed by atoms with E-state index >= 15 is 0 Å². The van der Waals surface area contributed by atoms with Gasteiger partial charge in [0.15, 0.2) is 0 Å². The van der Waals surface area contributed by atoms with Crippen LogP contribution < -0.4 is 0 Å². The quantitative estimate of drug-likeness (QED) is 0.198. The Morgan fingerprint density at radius 1 is 1.10 bits per heavy atom. The molecule has 1 aliphatic heterocycles. The summed E-state index contributed by atoms with van der Waals surface area (Å²) in [6.45, 7) is 1.13. The first kappa shape index (κ1) is 22.8. The van der Waals surface area contributed by atoms with Gasteiger partial charge in [-0.1, -0.05) is 30.3 Å². The fraction of sp³-hybridized carbons (Fsp3) is 0.300. The number of benzene rings is 2. The van der Waals surface area contributed by atoms with Gasteiger partial charge in [-0.3, -0.25) is 10.1 Å². The minimum Gasteiger partial charge on any atom is -0.381 e. The first-order chi connectivity index (χ1) is 14.5. The Kier molecular flexibility index (Phi) is 6.37. The molecule has 3 rings (SSSR count). The topological polar surface area (TPSA) is 95.7 Å². The van der Waals surface area contributed by atoms with Crippen molar-refractivity contribution in [2.45, 2.75) is 37.5 Å². The molecule has 0 saturated carbocycles. The minimum absolute atomic E-state index is 0.169. The first-order valence-corrected chi connectivity index (χ1v) is 10.6. The second-order valence-corrected chi connectivity index (χ2v) is 8.41. The van der Waals surface area contributed by atoms with Gasteiger partial charge in [-0.2, -0.15) is 21.6 Å². The van der Waals surface area contributed by atoms with Crippen molar-refractivity contribution in [3.8, 4) is 0 Å². The molecule has 0 bridgehead atoms. The van der Waals surface area contributed by atoms with E-state index in [1.807, 2.05) is 30.3 Å². The molecule has 1 heterocycles. The summed E-state index contributed by atoms with van der Waals surface area (Å²) >= 11 is 0. The highest BCUT2D eigenvalue weighted by atomic mass is 32.2. The maximum Gasteiger partial charge on any atom is 0.534 e. The summed E-state index contributed by atoms with van der Waals surface area (Å²) in [7, 11) is -5.84. The summed E-state index contributed by atoms with van der Waals surface area (Å²) in [5, 5.41) is 10.9. The van der Waals surface area contributed by atoms with Crippen LogP contribution in [0.1, 0.15) is 43.1 Å². The predicted molar refractivity (Wildman–Crippen MR) is 104 cm³/mol. The minimum atomic E-state index is -5.84. The van der Waals surface area contributed by atoms with Crippen LogP contribution in [0.2, 0.25) is 0 Å². The van der Waals surface area contributed by atoms with Crippen LogP contribution in [-0.2, 0) is 19.0 Å². The molecule has 1 aliphatic rings. The second-order valence-electron chi connectivity index (χ2n) is 6.87. The van der Waals surface area contributed by atoms with Gasteiger partial charge in [-0.25, -0.2) is 0 Å². The standard InChI is InChI=1S/C20H18F3NO6S/c1-13(30-31(27,28)20(21,22)23)17-11-12-18(14-5-3-2-4-6-14)29-19(17)15-7-9-16(10-8-15)24(25)26/h2-10,18-19H,11-12H2,1H3/b17-13+/t18-,19-/m0/s1. The molecule has 2 atom stereocenters. The Balaban J connectivity index is 1.99. The maximum atomic E-state index is 12.8. The molecule has 0 amide bonds. The SMILES string of the molecule is C/C(OS(=O)(=O)C(F)(F)F)=C1/CC[C@@H](c2ccccc2)O[C@H]1c1ccc([N+](=O)[O-])cc1. The van der Waals surface area contributed by atoms with Gasteiger partial charge in [0.25, 0.3) is 5.69 Å². The Hall–Kier alpha value is -2.92. The van der Waals surface area contributed by atoms with Crippen molar-refractivity contribution >= 4 is 15.8 Å². The van der Waals surface area contributed by atoms with E-state index in [0.29, 0.717) is 12.0 Å². The number of nitro groups is 1. The molecule has 0 aliphatic carbocycles. The highest BCUT2D eigenvalue weighted by Crippen LogP contribution is 2.44. The number of hydrogen-bond donors (Lipinski definition) is 0. The number of alkyl halides is 3. The average Bonchev–Trinajstić information content (AvgIpc) is 2.73. The molecule has 166 valence electrons. The van der Waals surface area contributed by atoms with Crippen LogP contribution in [0.4, 0.5) is 18.9 Å². The van der Waals surface area contributed by atoms with E-state index in [4.69, 9.17) is 4.74 Å². The zero-order valence-corrected chi connectivity index (χ0v) is 17.0. The summed E-state index contributed by atoms with van der Waals surface area (Å²) < 4.78 is 71.6. The second kappa shape index (κ2) is 8.67. The molecule has 31 heavy (non-hydrogen) atoms. The third-order valence-electron chi connectivity index (χ3n) is 4.84. The number of hydrogen-bond acceptors (Lipinski definition) is 6. The van der Waals surface area contributed by atoms with Gasteiger partial charge in [-0.05, 0) is 43.0 Å². The molecule has 0 spiro atoms. The summed E-state index contributed by atoms with van der Waals surface area (Å²) in [6.07, 6.45) is -0.754. The van der Waals surface area contributed by atoms with Crippen LogP contribution in [0, 0.1) is 10.1 Å². The predicted octanol–water partition coefficient (Wildman–Crippen LogP) is 5.33. The zero-order chi connectivity index (χ0) is 22.8. The van der Waals surface area contributed by atoms with E-state index < -0.39 is 38.5 Å². The van der Waals surface area contributed by atoms with Gasteiger partial charge in [0.2, 0.25) is 0 Å². The molecule has 0 N–H and O–H groups in total. The number of halogens is 3. The van der Waals surface area contributed by atoms with Gasteiger partial charge in [0.1, 0.15) is 11.9 Å². The zero-order valence-electron chi connectivity index (χ0n) is 16.2. The van der Waals surface area contributed by atoms with Crippen molar-refractivity contribution in [3.05, 3.63) is 87.2 Å². The number of nitrogens with zero attached hydrogens (tertiary/aromatic N) is 1. The van der Waals surface area contributed by atoms with Gasteiger partial charge in [0.05, 0.1) is 11.0 Å². The number of rotatable bonds is 5. The van der Waals surface area contributed by atoms with E-state index in [9.17, 15) is 31.7 Å². The molecule has 1 fully saturated rings. The Morgan fingerprint density at radius 2 is 1.71 bits per heavy atom. The van der Waals surface area contributed by atoms with E-state index in [2.05, 4.69) is 4.18 Å². The molecule has 1 saturated heterocycles. The fourth-order valence-corrected chi connectivity index (χ4v) is 3.85. The molecule has 0 radical (unpaired) electrons. The van der Waals surface area contributed by atoms with Crippen LogP contribution in [0.3, 0.4) is 0 Å². The Bertz CT molecular complexity index is 1080. The molecule has 2 aromatic rings. The molecular formula is C20H18F3NO6S. The monoisotopic (exact) mass is 457 g/mol. The Morgan fingerprint density at radius 3 is 2.26 bits per heavy atom. The van der Waals surface area contributed by atoms with E-state index in [0.717, 1.165) is 12.5 Å². The maximum absolute atomic E-state index is 12.8. The first-order valence-electron chi connectivity index (χ1n) is 9.15. The lowest BCUT2D eigenvalue weighted by molar-refractivity contribution is -0.384. The van der Waals surface area contributed by atoms with Crippen LogP contribution in [0.15, 0.2) is 65.9 Å². The number of ether oxygens (including phenoxy) is 1. The lowest BCUT2D eigenvalue weighted by atomic mass is 9.90. The van der Waals surface area contributed by atoms with Crippen LogP contribution in [0.25, 0.3) is 0 Å². The van der Waals surface area contributed by atoms with Gasteiger partial charge < -0.3 is 8.92 Å². The summed E-state index contributed by atoms with van der Waals surface area (Å²) in [5.74, 6) is -0.438. The van der Waals surface area contributed by atoms with Crippen LogP contribution in [-0.4, -0.2) is 18.8 Å². The summed E-state index contributed by atoms with van der Waals surface area (Å²) in [6, 6.07) is 14.4. The lowest BCUT2D eigenvalue weighted by Gasteiger charge is -2.34. The third kappa shape index (κ3) is 5.05. The number of nitro benzene ring substituents is 1. The smallest absolute Gasteiger partial charge is 0.381 e. The van der Waals surface area contributed by atoms with Crippen LogP contribution in [0.5, 0.6) is 0 Å². The molecule has 0 aromatic heterocycles. The van der Waals surface area contributed by atoms with E-state index in [-0.39, 0.29) is 17.7 Å². The highest BCUT2D eigenvalue weighted by molar-refractivity contribution is 7.87. The van der Waals surface area contributed by atoms with Gasteiger partial charge >= 0.3 is 15.6 Å². The molecule has 11 heteroatoms. The largest absolute Gasteiger partial charge is 0.534 e. The van der Waals surface area contributed by atoms with E-state index in [1.54, 1.807) is 0 Å². The van der Waals surface area contributed by atoms with Crippen molar-refractivity contribution in [1.82, 2.24) is 0 Å². The van der Waals surface area contributed by atoms with Gasteiger partial charge in [-0.15, -0.1) is 0 Å². The Labute approximate surface area is 176 Å². The third-order valence-corrected chi connectivity index (χ3v) is 5.88. The summed E-state index contributed by atoms with van der Waals surface area (Å²) in [5.41, 5.74) is -4.26. The molecule has 0 unspecified atom stereocenters. The van der Waals surface area contributed by atoms with Gasteiger partial charge in [0, 0.05) is 17.7 Å². The molecular weight excluding hydrogens is 439 g/mol. The number of non-ortho nitro benzene ring substituents is 1. The van der Waals surface area contributed by atoms with Crippen molar-refractivity contribution in [2.24, 2.45) is 0 Å². The van der Waals surface area contributed by atoms with E-state index in [1.165, 1.54) is 24.3 Å². The van der Waals surface area contributed by atoms with Crippen LogP contribution >= 0.6 is 0 Å². The lowest BCUT2D eigenvalue weighted by Crippen LogP contribution is -2.26. The fourth-order valence-electron chi connectivity index (χ4n) is 3.32. The van der Waals surface area contributed by atoms with Crippen molar-refractivity contribution < 1.29 is 35.4 Å². The highest BCUT2D eigenvalue weighted by Gasteiger charge is 2.49. The molecule has 7 nitrogen and oxygen atoms in total. The van der Waals surface area contributed by atoms with Crippen molar-refractivity contribution in [3.63, 3.8) is 0 Å². The summed E-state index contributed by atoms with van der Waals surface area (Å²) in [4.78, 5) is 10.3. The molecule has 2 aromatic carbocycles. The number of allylic oxidation sites excluding steroid dienone is 1. The van der Waals surface area contributed by atoms with Crippen molar-refractivity contribution in [2.75, 3.05) is 0 Å².